The standard InChI is InChI=1S/C12H13FN2O9/c13-9-10(17)8(4-16)24-12(11(9)18)23-7-2-1-5(14(19)20)3-6(7)15(21)22/h1-3,8-12,16-18H,4H2/t8-,9-,10-,11-,12-/m1/s1. The van der Waals surface area contributed by atoms with E-state index in [0.29, 0.717) is 6.07 Å². The molecule has 0 spiro atoms. The van der Waals surface area contributed by atoms with E-state index < -0.39 is 64.4 Å². The molecule has 0 aliphatic carbocycles. The van der Waals surface area contributed by atoms with Crippen LogP contribution in [0, 0.1) is 20.2 Å². The monoisotopic (exact) mass is 348 g/mol. The number of benzene rings is 1. The lowest BCUT2D eigenvalue weighted by atomic mass is 10.0. The van der Waals surface area contributed by atoms with Gasteiger partial charge < -0.3 is 24.8 Å². The third kappa shape index (κ3) is 3.41. The van der Waals surface area contributed by atoms with E-state index in [1.165, 1.54) is 0 Å². The van der Waals surface area contributed by atoms with Crippen LogP contribution < -0.4 is 4.74 Å². The Morgan fingerprint density at radius 2 is 1.88 bits per heavy atom. The number of hydrogen-bond acceptors (Lipinski definition) is 9. The van der Waals surface area contributed by atoms with Crippen molar-refractivity contribution >= 4 is 11.4 Å². The molecule has 132 valence electrons. The van der Waals surface area contributed by atoms with E-state index in [9.17, 15) is 34.8 Å². The van der Waals surface area contributed by atoms with Crippen molar-refractivity contribution in [3.05, 3.63) is 38.4 Å². The third-order valence-corrected chi connectivity index (χ3v) is 3.39. The minimum Gasteiger partial charge on any atom is -0.455 e. The fraction of sp³-hybridized carbons (Fsp3) is 0.500. The van der Waals surface area contributed by atoms with Gasteiger partial charge in [-0.25, -0.2) is 4.39 Å². The first kappa shape index (κ1) is 17.9. The Kier molecular flexibility index (Phi) is 5.23. The highest BCUT2D eigenvalue weighted by molar-refractivity contribution is 5.53. The molecule has 0 aromatic heterocycles. The number of hydrogen-bond donors (Lipinski definition) is 3. The fourth-order valence-corrected chi connectivity index (χ4v) is 2.13. The quantitative estimate of drug-likeness (QED) is 0.476. The topological polar surface area (TPSA) is 165 Å². The molecule has 1 aliphatic heterocycles. The smallest absolute Gasteiger partial charge is 0.317 e. The molecule has 1 fully saturated rings. The summed E-state index contributed by atoms with van der Waals surface area (Å²) in [6.07, 6.45) is -9.20. The van der Waals surface area contributed by atoms with E-state index in [1.54, 1.807) is 0 Å². The maximum atomic E-state index is 13.8. The van der Waals surface area contributed by atoms with Crippen molar-refractivity contribution in [2.24, 2.45) is 0 Å². The van der Waals surface area contributed by atoms with Gasteiger partial charge in [-0.1, -0.05) is 0 Å². The van der Waals surface area contributed by atoms with Gasteiger partial charge in [-0.05, 0) is 6.07 Å². The fourth-order valence-electron chi connectivity index (χ4n) is 2.13. The lowest BCUT2D eigenvalue weighted by Crippen LogP contribution is -2.58. The highest BCUT2D eigenvalue weighted by atomic mass is 19.1. The second kappa shape index (κ2) is 7.00. The number of halogens is 1. The average molecular weight is 348 g/mol. The summed E-state index contributed by atoms with van der Waals surface area (Å²) in [5.74, 6) is -0.505. The molecule has 1 saturated heterocycles. The first-order valence-electron chi connectivity index (χ1n) is 6.62. The molecule has 12 heteroatoms. The molecule has 3 N–H and O–H groups in total. The van der Waals surface area contributed by atoms with Crippen molar-refractivity contribution in [1.29, 1.82) is 0 Å². The van der Waals surface area contributed by atoms with Gasteiger partial charge in [-0.3, -0.25) is 20.2 Å². The number of nitro benzene ring substituents is 2. The molecule has 1 aromatic rings. The van der Waals surface area contributed by atoms with Crippen molar-refractivity contribution in [1.82, 2.24) is 0 Å². The van der Waals surface area contributed by atoms with Crippen LogP contribution in [0.15, 0.2) is 18.2 Å². The van der Waals surface area contributed by atoms with E-state index in [-0.39, 0.29) is 0 Å². The van der Waals surface area contributed by atoms with Crippen LogP contribution in [0.5, 0.6) is 5.75 Å². The second-order valence-electron chi connectivity index (χ2n) is 4.94. The first-order valence-corrected chi connectivity index (χ1v) is 6.62. The number of rotatable bonds is 5. The van der Waals surface area contributed by atoms with Crippen molar-refractivity contribution in [2.75, 3.05) is 6.61 Å². The highest BCUT2D eigenvalue weighted by Crippen LogP contribution is 2.34. The third-order valence-electron chi connectivity index (χ3n) is 3.39. The lowest BCUT2D eigenvalue weighted by Gasteiger charge is -2.38. The van der Waals surface area contributed by atoms with Gasteiger partial charge in [0.05, 0.1) is 22.5 Å². The number of nitro groups is 2. The van der Waals surface area contributed by atoms with Crippen LogP contribution in [-0.4, -0.2) is 62.5 Å². The number of non-ortho nitro benzene ring substituents is 1. The van der Waals surface area contributed by atoms with Gasteiger partial charge >= 0.3 is 5.69 Å². The van der Waals surface area contributed by atoms with Gasteiger partial charge in [0.15, 0.2) is 6.17 Å². The van der Waals surface area contributed by atoms with Crippen LogP contribution in [0.2, 0.25) is 0 Å². The van der Waals surface area contributed by atoms with Gasteiger partial charge in [-0.15, -0.1) is 0 Å². The molecule has 0 amide bonds. The Bertz CT molecular complexity index is 641. The van der Waals surface area contributed by atoms with E-state index in [4.69, 9.17) is 14.6 Å². The zero-order valence-electron chi connectivity index (χ0n) is 11.9. The molecule has 1 aromatic carbocycles. The molecule has 0 unspecified atom stereocenters. The second-order valence-corrected chi connectivity index (χ2v) is 4.94. The minimum absolute atomic E-state index is 0.505. The zero-order chi connectivity index (χ0) is 18.0. The highest BCUT2D eigenvalue weighted by Gasteiger charge is 2.46. The Morgan fingerprint density at radius 1 is 1.21 bits per heavy atom. The van der Waals surface area contributed by atoms with Crippen molar-refractivity contribution < 1.29 is 39.0 Å². The summed E-state index contributed by atoms with van der Waals surface area (Å²) in [6.45, 7) is -0.781. The van der Waals surface area contributed by atoms with Crippen molar-refractivity contribution in [3.8, 4) is 5.75 Å². The molecule has 0 saturated carbocycles. The van der Waals surface area contributed by atoms with Crippen LogP contribution in [-0.2, 0) is 4.74 Å². The molecule has 0 radical (unpaired) electrons. The Hall–Kier alpha value is -2.41. The molecule has 1 aliphatic rings. The first-order chi connectivity index (χ1) is 11.3. The molecule has 5 atom stereocenters. The molecule has 2 rings (SSSR count). The summed E-state index contributed by atoms with van der Waals surface area (Å²) < 4.78 is 23.8. The Morgan fingerprint density at radius 3 is 2.42 bits per heavy atom. The molecule has 1 heterocycles. The predicted octanol–water partition coefficient (Wildman–Crippen LogP) is -0.341. The van der Waals surface area contributed by atoms with Crippen molar-refractivity contribution in [3.63, 3.8) is 0 Å². The molecule has 0 bridgehead atoms. The van der Waals surface area contributed by atoms with Gasteiger partial charge in [0.2, 0.25) is 12.0 Å². The normalized spacial score (nSPS) is 29.9. The van der Waals surface area contributed by atoms with Crippen LogP contribution in [0.3, 0.4) is 0 Å². The van der Waals surface area contributed by atoms with Crippen LogP contribution in [0.1, 0.15) is 0 Å². The summed E-state index contributed by atoms with van der Waals surface area (Å²) in [4.78, 5) is 19.9. The molecule has 11 nitrogen and oxygen atoms in total. The Labute approximate surface area is 133 Å². The average Bonchev–Trinajstić information content (AvgIpc) is 2.55. The van der Waals surface area contributed by atoms with E-state index in [0.717, 1.165) is 12.1 Å². The van der Waals surface area contributed by atoms with Gasteiger partial charge in [0.25, 0.3) is 5.69 Å². The SMILES string of the molecule is O=[N+]([O-])c1ccc(O[C@@H]2O[C@H](CO)[C@@H](O)[C@@H](F)[C@H]2O)c([N+](=O)[O-])c1. The van der Waals surface area contributed by atoms with Gasteiger partial charge in [-0.2, -0.15) is 0 Å². The number of aliphatic hydroxyl groups excluding tert-OH is 3. The van der Waals surface area contributed by atoms with E-state index in [1.807, 2.05) is 0 Å². The lowest BCUT2D eigenvalue weighted by molar-refractivity contribution is -0.395. The summed E-state index contributed by atoms with van der Waals surface area (Å²) >= 11 is 0. The van der Waals surface area contributed by atoms with E-state index in [2.05, 4.69) is 0 Å². The molecular formula is C12H13FN2O9. The van der Waals surface area contributed by atoms with Gasteiger partial charge in [0.1, 0.15) is 18.3 Å². The van der Waals surface area contributed by atoms with Crippen LogP contribution >= 0.6 is 0 Å². The predicted molar refractivity (Wildman–Crippen MR) is 73.0 cm³/mol. The largest absolute Gasteiger partial charge is 0.455 e. The minimum atomic E-state index is -2.22. The summed E-state index contributed by atoms with van der Waals surface area (Å²) in [5, 5.41) is 49.9. The molecular weight excluding hydrogens is 335 g/mol. The summed E-state index contributed by atoms with van der Waals surface area (Å²) in [5.41, 5.74) is -1.35. The van der Waals surface area contributed by atoms with Crippen LogP contribution in [0.25, 0.3) is 0 Å². The Balaban J connectivity index is 2.29. The number of ether oxygens (including phenoxy) is 2. The van der Waals surface area contributed by atoms with E-state index >= 15 is 0 Å². The van der Waals surface area contributed by atoms with Gasteiger partial charge in [0, 0.05) is 6.07 Å². The summed E-state index contributed by atoms with van der Waals surface area (Å²) in [6, 6.07) is 2.46. The summed E-state index contributed by atoms with van der Waals surface area (Å²) in [7, 11) is 0. The number of alkyl halides is 1. The molecule has 24 heavy (non-hydrogen) atoms. The number of nitrogens with zero attached hydrogens (tertiary/aromatic N) is 2. The number of aliphatic hydroxyl groups is 3. The zero-order valence-corrected chi connectivity index (χ0v) is 11.9. The maximum Gasteiger partial charge on any atom is 0.317 e. The maximum absolute atomic E-state index is 13.8. The van der Waals surface area contributed by atoms with Crippen LogP contribution in [0.4, 0.5) is 15.8 Å². The van der Waals surface area contributed by atoms with Crippen molar-refractivity contribution in [2.45, 2.75) is 30.8 Å².